The number of hydrogen-bond donors (Lipinski definition) is 1. The molecule has 118 valence electrons. The van der Waals surface area contributed by atoms with Gasteiger partial charge in [-0.05, 0) is 29.8 Å². The van der Waals surface area contributed by atoms with E-state index in [0.29, 0.717) is 27.4 Å². The molecule has 0 unspecified atom stereocenters. The van der Waals surface area contributed by atoms with Crippen LogP contribution in [0.4, 0.5) is 0 Å². The van der Waals surface area contributed by atoms with Crippen LogP contribution in [-0.4, -0.2) is 16.6 Å². The predicted octanol–water partition coefficient (Wildman–Crippen LogP) is 4.54. The third kappa shape index (κ3) is 4.19. The minimum Gasteiger partial charge on any atom is -0.431 e. The second-order valence-corrected chi connectivity index (χ2v) is 6.52. The summed E-state index contributed by atoms with van der Waals surface area (Å²) in [5.74, 6) is 0.0983. The van der Waals surface area contributed by atoms with E-state index in [0.717, 1.165) is 11.1 Å². The van der Waals surface area contributed by atoms with E-state index in [1.165, 1.54) is 11.8 Å². The Labute approximate surface area is 147 Å². The number of fused-ring (bicyclic) bond motifs is 1. The van der Waals surface area contributed by atoms with Gasteiger partial charge in [-0.1, -0.05) is 53.2 Å². The molecule has 1 heterocycles. The zero-order valence-electron chi connectivity index (χ0n) is 11.9. The zero-order chi connectivity index (χ0) is 16.2. The first kappa shape index (κ1) is 16.2. The van der Waals surface area contributed by atoms with Crippen LogP contribution in [0.3, 0.4) is 0 Å². The molecule has 3 aromatic rings. The summed E-state index contributed by atoms with van der Waals surface area (Å²) in [6.07, 6.45) is 0. The second-order valence-electron chi connectivity index (χ2n) is 4.75. The smallest absolute Gasteiger partial charge is 0.257 e. The largest absolute Gasteiger partial charge is 0.431 e. The molecule has 0 aliphatic rings. The Morgan fingerprint density at radius 1 is 1.22 bits per heavy atom. The molecule has 0 spiro atoms. The summed E-state index contributed by atoms with van der Waals surface area (Å²) in [4.78, 5) is 16.2. The number of hydrogen-bond acceptors (Lipinski definition) is 4. The molecule has 4 nitrogen and oxygen atoms in total. The molecule has 2 aromatic carbocycles. The molecule has 3 rings (SSSR count). The molecule has 0 aliphatic heterocycles. The first-order valence-corrected chi connectivity index (χ1v) is 8.55. The lowest BCUT2D eigenvalue weighted by molar-refractivity contribution is -0.118. The highest BCUT2D eigenvalue weighted by Crippen LogP contribution is 2.23. The maximum absolute atomic E-state index is 11.9. The van der Waals surface area contributed by atoms with Gasteiger partial charge >= 0.3 is 0 Å². The molecule has 7 heteroatoms. The first-order valence-electron chi connectivity index (χ1n) is 6.81. The van der Waals surface area contributed by atoms with Crippen LogP contribution in [0, 0.1) is 0 Å². The highest BCUT2D eigenvalue weighted by molar-refractivity contribution is 7.99. The molecule has 0 radical (unpaired) electrons. The van der Waals surface area contributed by atoms with Crippen LogP contribution in [0.5, 0.6) is 0 Å². The Bertz CT molecular complexity index is 818. The van der Waals surface area contributed by atoms with Crippen LogP contribution in [0.15, 0.2) is 52.1 Å². The minimum atomic E-state index is -0.122. The summed E-state index contributed by atoms with van der Waals surface area (Å²) in [6, 6.07) is 12.7. The molecule has 1 amide bonds. The third-order valence-electron chi connectivity index (χ3n) is 3.09. The summed E-state index contributed by atoms with van der Waals surface area (Å²) in [6.45, 7) is 0.350. The van der Waals surface area contributed by atoms with Gasteiger partial charge in [0.15, 0.2) is 5.58 Å². The van der Waals surface area contributed by atoms with Gasteiger partial charge in [0.1, 0.15) is 5.52 Å². The fourth-order valence-electron chi connectivity index (χ4n) is 1.95. The highest BCUT2D eigenvalue weighted by atomic mass is 35.5. The average Bonchev–Trinajstić information content (AvgIpc) is 2.95. The van der Waals surface area contributed by atoms with Crippen molar-refractivity contribution in [2.24, 2.45) is 0 Å². The van der Waals surface area contributed by atoms with Crippen LogP contribution in [-0.2, 0) is 11.3 Å². The fraction of sp³-hybridized carbons (Fsp3) is 0.125. The molecular weight excluding hydrogens is 355 g/mol. The molecule has 0 aliphatic carbocycles. The van der Waals surface area contributed by atoms with Gasteiger partial charge in [0.25, 0.3) is 5.22 Å². The Morgan fingerprint density at radius 3 is 2.83 bits per heavy atom. The number of para-hydroxylation sites is 2. The van der Waals surface area contributed by atoms with Crippen molar-refractivity contribution in [3.8, 4) is 0 Å². The van der Waals surface area contributed by atoms with Crippen molar-refractivity contribution in [1.29, 1.82) is 0 Å². The Kier molecular flexibility index (Phi) is 5.10. The zero-order valence-corrected chi connectivity index (χ0v) is 14.2. The second kappa shape index (κ2) is 7.25. The normalized spacial score (nSPS) is 10.9. The summed E-state index contributed by atoms with van der Waals surface area (Å²) >= 11 is 13.2. The van der Waals surface area contributed by atoms with Gasteiger partial charge in [-0.3, -0.25) is 4.79 Å². The van der Waals surface area contributed by atoms with Crippen LogP contribution in [0.2, 0.25) is 10.0 Å². The monoisotopic (exact) mass is 366 g/mol. The first-order chi connectivity index (χ1) is 11.1. The minimum absolute atomic E-state index is 0.122. The van der Waals surface area contributed by atoms with E-state index in [1.54, 1.807) is 18.2 Å². The third-order valence-corrected chi connectivity index (χ3v) is 4.51. The molecule has 0 fully saturated rings. The number of oxazole rings is 1. The lowest BCUT2D eigenvalue weighted by atomic mass is 10.2. The number of amides is 1. The number of nitrogens with one attached hydrogen (secondary N) is 1. The van der Waals surface area contributed by atoms with E-state index in [-0.39, 0.29) is 11.7 Å². The van der Waals surface area contributed by atoms with Crippen molar-refractivity contribution in [2.75, 3.05) is 5.75 Å². The van der Waals surface area contributed by atoms with Crippen LogP contribution in [0.25, 0.3) is 11.1 Å². The standard InChI is InChI=1S/C16H12Cl2N2O2S/c17-11-6-5-10(12(18)7-11)8-19-15(21)9-23-16-20-13-3-1-2-4-14(13)22-16/h1-7H,8-9H2,(H,19,21). The van der Waals surface area contributed by atoms with Crippen molar-refractivity contribution < 1.29 is 9.21 Å². The lowest BCUT2D eigenvalue weighted by Gasteiger charge is -2.06. The van der Waals surface area contributed by atoms with Gasteiger partial charge in [-0.15, -0.1) is 0 Å². The van der Waals surface area contributed by atoms with Gasteiger partial charge in [0.2, 0.25) is 5.91 Å². The number of rotatable bonds is 5. The summed E-state index contributed by atoms with van der Waals surface area (Å²) in [7, 11) is 0. The SMILES string of the molecule is O=C(CSc1nc2ccccc2o1)NCc1ccc(Cl)cc1Cl. The molecule has 0 bridgehead atoms. The van der Waals surface area contributed by atoms with Gasteiger partial charge in [-0.25, -0.2) is 4.98 Å². The van der Waals surface area contributed by atoms with E-state index in [4.69, 9.17) is 27.6 Å². The van der Waals surface area contributed by atoms with Gasteiger partial charge < -0.3 is 9.73 Å². The fourth-order valence-corrected chi connectivity index (χ4v) is 3.09. The van der Waals surface area contributed by atoms with Gasteiger partial charge in [-0.2, -0.15) is 0 Å². The number of thioether (sulfide) groups is 1. The van der Waals surface area contributed by atoms with Crippen LogP contribution < -0.4 is 5.32 Å². The van der Waals surface area contributed by atoms with E-state index >= 15 is 0 Å². The topological polar surface area (TPSA) is 55.1 Å². The van der Waals surface area contributed by atoms with Crippen molar-refractivity contribution in [2.45, 2.75) is 11.8 Å². The molecule has 1 aromatic heterocycles. The summed E-state index contributed by atoms with van der Waals surface area (Å²) in [5.41, 5.74) is 2.31. The van der Waals surface area contributed by atoms with Crippen molar-refractivity contribution in [3.05, 3.63) is 58.1 Å². The van der Waals surface area contributed by atoms with E-state index in [2.05, 4.69) is 10.3 Å². The molecule has 0 atom stereocenters. The summed E-state index contributed by atoms with van der Waals surface area (Å²) in [5, 5.41) is 4.38. The number of halogens is 2. The van der Waals surface area contributed by atoms with E-state index < -0.39 is 0 Å². The Hall–Kier alpha value is -1.69. The number of carbonyl (C=O) groups excluding carboxylic acids is 1. The molecule has 23 heavy (non-hydrogen) atoms. The van der Waals surface area contributed by atoms with Gasteiger partial charge in [0.05, 0.1) is 5.75 Å². The predicted molar refractivity (Wildman–Crippen MR) is 93.0 cm³/mol. The lowest BCUT2D eigenvalue weighted by Crippen LogP contribution is -2.24. The highest BCUT2D eigenvalue weighted by Gasteiger charge is 2.09. The summed E-state index contributed by atoms with van der Waals surface area (Å²) < 4.78 is 5.55. The van der Waals surface area contributed by atoms with E-state index in [1.807, 2.05) is 24.3 Å². The van der Waals surface area contributed by atoms with Crippen molar-refractivity contribution >= 4 is 52.0 Å². The maximum atomic E-state index is 11.9. The molecule has 0 saturated heterocycles. The van der Waals surface area contributed by atoms with E-state index in [9.17, 15) is 4.79 Å². The van der Waals surface area contributed by atoms with Crippen LogP contribution >= 0.6 is 35.0 Å². The van der Waals surface area contributed by atoms with Gasteiger partial charge in [0, 0.05) is 16.6 Å². The number of nitrogens with zero attached hydrogens (tertiary/aromatic N) is 1. The number of aromatic nitrogens is 1. The van der Waals surface area contributed by atoms with Crippen molar-refractivity contribution in [1.82, 2.24) is 10.3 Å². The van der Waals surface area contributed by atoms with Crippen LogP contribution in [0.1, 0.15) is 5.56 Å². The van der Waals surface area contributed by atoms with Crippen molar-refractivity contribution in [3.63, 3.8) is 0 Å². The number of benzene rings is 2. The average molecular weight is 367 g/mol. The number of carbonyl (C=O) groups is 1. The Balaban J connectivity index is 1.53. The molecular formula is C16H12Cl2N2O2S. The molecule has 0 saturated carbocycles. The Morgan fingerprint density at radius 2 is 2.04 bits per heavy atom. The molecule has 1 N–H and O–H groups in total. The quantitative estimate of drug-likeness (QED) is 0.673. The maximum Gasteiger partial charge on any atom is 0.257 e.